The maximum atomic E-state index is 12.2. The zero-order valence-electron chi connectivity index (χ0n) is 17.2. The summed E-state index contributed by atoms with van der Waals surface area (Å²) in [6.45, 7) is 7.49. The second kappa shape index (κ2) is 17.3. The number of nitrogens with one attached hydrogen (secondary N) is 2. The largest absolute Gasteiger partial charge is 0.471 e. The Balaban J connectivity index is 0. The molecule has 0 saturated carbocycles. The normalized spacial score (nSPS) is 11.1. The lowest BCUT2D eigenvalue weighted by Crippen LogP contribution is -2.23. The lowest BCUT2D eigenvalue weighted by molar-refractivity contribution is -0.126. The van der Waals surface area contributed by atoms with Gasteiger partial charge in [-0.3, -0.25) is 19.2 Å². The number of methoxy groups -OCH3 is 1. The summed E-state index contributed by atoms with van der Waals surface area (Å²) in [7, 11) is 4.66. The van der Waals surface area contributed by atoms with Crippen LogP contribution in [0.5, 0.6) is 0 Å². The fraction of sp³-hybridized carbons (Fsp3) is 0.444. The number of thioether (sulfide) groups is 1. The SMILES string of the molecule is C=O.CCCSC1=CC(=O)c2onc(C(=O)NC)c2C1=O.CCNC.COC=O. The van der Waals surface area contributed by atoms with E-state index in [2.05, 4.69) is 27.5 Å². The number of carbonyl (C=O) groups is 5. The highest BCUT2D eigenvalue weighted by Gasteiger charge is 2.35. The van der Waals surface area contributed by atoms with Crippen LogP contribution >= 0.6 is 11.8 Å². The lowest BCUT2D eigenvalue weighted by atomic mass is 10.00. The van der Waals surface area contributed by atoms with Crippen molar-refractivity contribution in [3.8, 4) is 0 Å². The molecule has 1 aromatic heterocycles. The topological polar surface area (TPSA) is 145 Å². The molecular formula is C18H27N3O7S. The van der Waals surface area contributed by atoms with Gasteiger partial charge in [0.05, 0.1) is 12.0 Å². The molecule has 0 radical (unpaired) electrons. The van der Waals surface area contributed by atoms with E-state index in [0.717, 1.165) is 18.7 Å². The van der Waals surface area contributed by atoms with Crippen molar-refractivity contribution in [1.29, 1.82) is 0 Å². The number of hydrogen-bond acceptors (Lipinski definition) is 10. The molecule has 0 atom stereocenters. The molecule has 1 aliphatic rings. The number of nitrogens with zero attached hydrogens (tertiary/aromatic N) is 1. The Kier molecular flexibility index (Phi) is 17.0. The number of carbonyl (C=O) groups excluding carboxylic acids is 5. The van der Waals surface area contributed by atoms with E-state index in [0.29, 0.717) is 11.4 Å². The number of amides is 1. The van der Waals surface area contributed by atoms with Crippen LogP contribution in [0.2, 0.25) is 0 Å². The summed E-state index contributed by atoms with van der Waals surface area (Å²) in [5, 5.41) is 8.80. The first-order valence-electron chi connectivity index (χ1n) is 8.48. The smallest absolute Gasteiger partial charge is 0.292 e. The van der Waals surface area contributed by atoms with Crippen molar-refractivity contribution in [2.45, 2.75) is 20.3 Å². The first-order valence-corrected chi connectivity index (χ1v) is 9.46. The summed E-state index contributed by atoms with van der Waals surface area (Å²) in [6, 6.07) is 0. The minimum absolute atomic E-state index is 0.0366. The van der Waals surface area contributed by atoms with E-state index in [1.165, 1.54) is 32.0 Å². The monoisotopic (exact) mass is 429 g/mol. The number of aromatic nitrogens is 1. The van der Waals surface area contributed by atoms with Crippen molar-refractivity contribution in [3.63, 3.8) is 0 Å². The lowest BCUT2D eigenvalue weighted by Gasteiger charge is -2.09. The molecule has 0 bridgehead atoms. The van der Waals surface area contributed by atoms with Crippen LogP contribution in [-0.2, 0) is 14.3 Å². The highest BCUT2D eigenvalue weighted by molar-refractivity contribution is 8.04. The zero-order chi connectivity index (χ0) is 22.8. The molecule has 0 spiro atoms. The Labute approximate surface area is 173 Å². The predicted molar refractivity (Wildman–Crippen MR) is 109 cm³/mol. The van der Waals surface area contributed by atoms with Gasteiger partial charge >= 0.3 is 0 Å². The molecule has 0 aliphatic heterocycles. The van der Waals surface area contributed by atoms with E-state index in [9.17, 15) is 14.4 Å². The third-order valence-electron chi connectivity index (χ3n) is 2.98. The van der Waals surface area contributed by atoms with Gasteiger partial charge in [0.1, 0.15) is 12.4 Å². The number of fused-ring (bicyclic) bond motifs is 1. The predicted octanol–water partition coefficient (Wildman–Crippen LogP) is 1.27. The Hall–Kier alpha value is -2.79. The standard InChI is InChI=1S/C12H12N2O4S.C3H9N.C2H4O2.CH2O/c1-3-4-19-7-5-6(15)11-8(10(7)16)9(14-18-11)12(17)13-2;1-3-4-2;1-4-2-3;1-2/h5H,3-4H2,1-2H3,(H,13,17);4H,3H2,1-2H3;2H,1H3;1H2. The fourth-order valence-corrected chi connectivity index (χ4v) is 2.48. The van der Waals surface area contributed by atoms with Crippen LogP contribution in [0.3, 0.4) is 0 Å². The average molecular weight is 429 g/mol. The molecule has 2 N–H and O–H groups in total. The third kappa shape index (κ3) is 9.30. The Morgan fingerprint density at radius 2 is 1.86 bits per heavy atom. The molecule has 2 rings (SSSR count). The van der Waals surface area contributed by atoms with Gasteiger partial charge < -0.3 is 24.7 Å². The van der Waals surface area contributed by atoms with Crippen LogP contribution in [0.25, 0.3) is 0 Å². The number of hydrogen-bond donors (Lipinski definition) is 2. The molecule has 1 heterocycles. The van der Waals surface area contributed by atoms with Crippen LogP contribution in [0.4, 0.5) is 0 Å². The van der Waals surface area contributed by atoms with Crippen molar-refractivity contribution in [2.75, 3.05) is 33.5 Å². The summed E-state index contributed by atoms with van der Waals surface area (Å²) >= 11 is 1.29. The molecule has 10 nitrogen and oxygen atoms in total. The van der Waals surface area contributed by atoms with Gasteiger partial charge in [-0.25, -0.2) is 0 Å². The molecule has 162 valence electrons. The van der Waals surface area contributed by atoms with E-state index in [-0.39, 0.29) is 22.8 Å². The maximum absolute atomic E-state index is 12.2. The third-order valence-corrected chi connectivity index (χ3v) is 4.21. The molecule has 1 amide bonds. The maximum Gasteiger partial charge on any atom is 0.292 e. The van der Waals surface area contributed by atoms with E-state index in [1.807, 2.05) is 20.8 Å². The second-order valence-corrected chi connectivity index (χ2v) is 6.04. The fourth-order valence-electron chi connectivity index (χ4n) is 1.63. The molecule has 29 heavy (non-hydrogen) atoms. The number of Topliss-reactive ketones (excluding diaryl/α,β-unsaturated/α-hetero) is 1. The first kappa shape index (κ1) is 28.4. The van der Waals surface area contributed by atoms with Crippen LogP contribution < -0.4 is 10.6 Å². The molecule has 1 aromatic rings. The Morgan fingerprint density at radius 3 is 2.28 bits per heavy atom. The molecular weight excluding hydrogens is 402 g/mol. The number of allylic oxidation sites excluding steroid dienone is 2. The van der Waals surface area contributed by atoms with Gasteiger partial charge in [0.15, 0.2) is 5.69 Å². The Morgan fingerprint density at radius 1 is 1.31 bits per heavy atom. The van der Waals surface area contributed by atoms with Gasteiger partial charge in [-0.05, 0) is 25.8 Å². The minimum atomic E-state index is -0.548. The van der Waals surface area contributed by atoms with Gasteiger partial charge in [-0.2, -0.15) is 0 Å². The summed E-state index contributed by atoms with van der Waals surface area (Å²) < 4.78 is 8.67. The van der Waals surface area contributed by atoms with E-state index >= 15 is 0 Å². The van der Waals surface area contributed by atoms with Crippen LogP contribution in [0.15, 0.2) is 15.5 Å². The molecule has 11 heteroatoms. The van der Waals surface area contributed by atoms with Crippen molar-refractivity contribution < 1.29 is 33.2 Å². The van der Waals surface area contributed by atoms with Crippen molar-refractivity contribution >= 4 is 42.5 Å². The Bertz CT molecular complexity index is 700. The molecule has 0 unspecified atom stereocenters. The number of rotatable bonds is 6. The summed E-state index contributed by atoms with van der Waals surface area (Å²) in [4.78, 5) is 52.9. The summed E-state index contributed by atoms with van der Waals surface area (Å²) in [5.74, 6) is -0.804. The van der Waals surface area contributed by atoms with Gasteiger partial charge in [-0.15, -0.1) is 11.8 Å². The number of ketones is 2. The van der Waals surface area contributed by atoms with Crippen LogP contribution in [0, 0.1) is 0 Å². The van der Waals surface area contributed by atoms with E-state index < -0.39 is 11.7 Å². The van der Waals surface area contributed by atoms with Gasteiger partial charge in [0.2, 0.25) is 17.3 Å². The van der Waals surface area contributed by atoms with Crippen molar-refractivity contribution in [1.82, 2.24) is 15.8 Å². The highest BCUT2D eigenvalue weighted by Crippen LogP contribution is 2.30. The molecule has 0 fully saturated rings. The first-order chi connectivity index (χ1) is 13.9. The zero-order valence-corrected chi connectivity index (χ0v) is 18.0. The van der Waals surface area contributed by atoms with Crippen molar-refractivity contribution in [2.24, 2.45) is 0 Å². The average Bonchev–Trinajstić information content (AvgIpc) is 3.22. The van der Waals surface area contributed by atoms with Gasteiger partial charge in [-0.1, -0.05) is 19.0 Å². The molecule has 1 aliphatic carbocycles. The van der Waals surface area contributed by atoms with Gasteiger partial charge in [0.25, 0.3) is 12.4 Å². The minimum Gasteiger partial charge on any atom is -0.471 e. The summed E-state index contributed by atoms with van der Waals surface area (Å²) in [6.07, 6.45) is 2.12. The van der Waals surface area contributed by atoms with Crippen molar-refractivity contribution in [3.05, 3.63) is 28.0 Å². The molecule has 0 aromatic carbocycles. The van der Waals surface area contributed by atoms with E-state index in [4.69, 9.17) is 14.1 Å². The second-order valence-electron chi connectivity index (χ2n) is 4.90. The number of ether oxygens (including phenoxy) is 1. The van der Waals surface area contributed by atoms with Crippen LogP contribution in [0.1, 0.15) is 51.7 Å². The quantitative estimate of drug-likeness (QED) is 0.634. The van der Waals surface area contributed by atoms with E-state index in [1.54, 1.807) is 0 Å². The molecule has 0 saturated heterocycles. The van der Waals surface area contributed by atoms with Gasteiger partial charge in [0, 0.05) is 13.1 Å². The van der Waals surface area contributed by atoms with Crippen LogP contribution in [-0.4, -0.2) is 69.4 Å². The highest BCUT2D eigenvalue weighted by atomic mass is 32.2. The summed E-state index contributed by atoms with van der Waals surface area (Å²) in [5.41, 5.74) is -0.177.